The number of rotatable bonds is 3. The lowest BCUT2D eigenvalue weighted by Crippen LogP contribution is -2.41. The van der Waals surface area contributed by atoms with Crippen LogP contribution in [0.3, 0.4) is 0 Å². The van der Waals surface area contributed by atoms with Gasteiger partial charge in [0.25, 0.3) is 0 Å². The van der Waals surface area contributed by atoms with E-state index in [-0.39, 0.29) is 5.91 Å². The summed E-state index contributed by atoms with van der Waals surface area (Å²) >= 11 is 1.94. The minimum atomic E-state index is 0.0323. The zero-order chi connectivity index (χ0) is 9.52. The molecule has 1 heterocycles. The molecule has 0 unspecified atom stereocenters. The summed E-state index contributed by atoms with van der Waals surface area (Å²) in [6.45, 7) is 2.84. The molecule has 0 atom stereocenters. The van der Waals surface area contributed by atoms with Gasteiger partial charge in [-0.3, -0.25) is 9.69 Å². The average Bonchev–Trinajstić information content (AvgIpc) is 2.16. The fraction of sp³-hybridized carbons (Fsp3) is 0.667. The predicted molar refractivity (Wildman–Crippen MR) is 55.6 cm³/mol. The van der Waals surface area contributed by atoms with E-state index in [0.29, 0.717) is 13.1 Å². The fourth-order valence-electron chi connectivity index (χ4n) is 1.17. The van der Waals surface area contributed by atoms with Gasteiger partial charge in [0.05, 0.1) is 13.1 Å². The number of carbonyl (C=O) groups excluding carboxylic acids is 1. The van der Waals surface area contributed by atoms with Gasteiger partial charge < -0.3 is 5.32 Å². The zero-order valence-corrected chi connectivity index (χ0v) is 8.40. The number of terminal acetylenes is 1. The molecule has 0 aromatic rings. The summed E-state index contributed by atoms with van der Waals surface area (Å²) in [7, 11) is 0. The predicted octanol–water partition coefficient (Wildman–Crippen LogP) is -0.215. The van der Waals surface area contributed by atoms with E-state index in [1.165, 1.54) is 0 Å². The first-order chi connectivity index (χ1) is 6.33. The third-order valence-electron chi connectivity index (χ3n) is 1.86. The van der Waals surface area contributed by atoms with E-state index in [2.05, 4.69) is 16.1 Å². The van der Waals surface area contributed by atoms with Gasteiger partial charge in [0, 0.05) is 24.6 Å². The molecule has 4 heteroatoms. The lowest BCUT2D eigenvalue weighted by Gasteiger charge is -2.25. The molecule has 3 nitrogen and oxygen atoms in total. The van der Waals surface area contributed by atoms with E-state index in [4.69, 9.17) is 6.42 Å². The lowest BCUT2D eigenvalue weighted by molar-refractivity contribution is -0.121. The van der Waals surface area contributed by atoms with Crippen molar-refractivity contribution in [2.45, 2.75) is 0 Å². The van der Waals surface area contributed by atoms with Crippen LogP contribution in [0, 0.1) is 12.3 Å². The van der Waals surface area contributed by atoms with Gasteiger partial charge in [-0.25, -0.2) is 0 Å². The normalized spacial score (nSPS) is 17.8. The fourth-order valence-corrected chi connectivity index (χ4v) is 2.15. The van der Waals surface area contributed by atoms with Crippen molar-refractivity contribution in [3.05, 3.63) is 0 Å². The van der Waals surface area contributed by atoms with E-state index in [1.807, 2.05) is 11.8 Å². The Morgan fingerprint density at radius 2 is 2.23 bits per heavy atom. The maximum absolute atomic E-state index is 11.2. The summed E-state index contributed by atoms with van der Waals surface area (Å²) in [5.41, 5.74) is 0. The Hall–Kier alpha value is -0.660. The van der Waals surface area contributed by atoms with Gasteiger partial charge in [-0.1, -0.05) is 5.92 Å². The van der Waals surface area contributed by atoms with Gasteiger partial charge in [0.15, 0.2) is 0 Å². The first-order valence-electron chi connectivity index (χ1n) is 4.33. The molecule has 1 N–H and O–H groups in total. The molecule has 0 bridgehead atoms. The first kappa shape index (κ1) is 10.4. The number of amides is 1. The van der Waals surface area contributed by atoms with Crippen LogP contribution in [0.15, 0.2) is 0 Å². The van der Waals surface area contributed by atoms with E-state index in [0.717, 1.165) is 24.6 Å². The molecular formula is C9H14N2OS. The summed E-state index contributed by atoms with van der Waals surface area (Å²) in [6.07, 6.45) is 5.03. The molecular weight excluding hydrogens is 184 g/mol. The number of thioether (sulfide) groups is 1. The highest BCUT2D eigenvalue weighted by atomic mass is 32.2. The minimum absolute atomic E-state index is 0.0323. The lowest BCUT2D eigenvalue weighted by atomic mass is 10.4. The van der Waals surface area contributed by atoms with Crippen molar-refractivity contribution in [2.75, 3.05) is 37.7 Å². The third kappa shape index (κ3) is 4.20. The van der Waals surface area contributed by atoms with Crippen LogP contribution < -0.4 is 5.32 Å². The van der Waals surface area contributed by atoms with Gasteiger partial charge in [-0.15, -0.1) is 6.42 Å². The molecule has 1 aliphatic heterocycles. The highest BCUT2D eigenvalue weighted by Crippen LogP contribution is 2.07. The summed E-state index contributed by atoms with van der Waals surface area (Å²) < 4.78 is 0. The molecule has 72 valence electrons. The summed E-state index contributed by atoms with van der Waals surface area (Å²) in [5.74, 6) is 4.67. The van der Waals surface area contributed by atoms with Gasteiger partial charge in [-0.2, -0.15) is 11.8 Å². The average molecular weight is 198 g/mol. The molecule has 0 spiro atoms. The minimum Gasteiger partial charge on any atom is -0.344 e. The molecule has 0 radical (unpaired) electrons. The van der Waals surface area contributed by atoms with Gasteiger partial charge in [-0.05, 0) is 0 Å². The Kier molecular flexibility index (Phi) is 4.73. The third-order valence-corrected chi connectivity index (χ3v) is 2.80. The van der Waals surface area contributed by atoms with Gasteiger partial charge in [0.1, 0.15) is 0 Å². The molecule has 0 saturated carbocycles. The summed E-state index contributed by atoms with van der Waals surface area (Å²) in [6, 6.07) is 0. The molecule has 1 aliphatic rings. The zero-order valence-electron chi connectivity index (χ0n) is 7.58. The molecule has 0 aromatic carbocycles. The molecule has 1 rings (SSSR count). The van der Waals surface area contributed by atoms with Crippen LogP contribution in [-0.4, -0.2) is 48.5 Å². The number of nitrogens with one attached hydrogen (secondary N) is 1. The molecule has 1 saturated heterocycles. The Morgan fingerprint density at radius 3 is 2.85 bits per heavy atom. The Morgan fingerprint density at radius 1 is 1.54 bits per heavy atom. The number of hydrogen-bond acceptors (Lipinski definition) is 3. The van der Waals surface area contributed by atoms with Crippen molar-refractivity contribution >= 4 is 17.7 Å². The topological polar surface area (TPSA) is 32.3 Å². The second kappa shape index (κ2) is 5.90. The van der Waals surface area contributed by atoms with Gasteiger partial charge in [0.2, 0.25) is 5.91 Å². The highest BCUT2D eigenvalue weighted by molar-refractivity contribution is 7.99. The van der Waals surface area contributed by atoms with E-state index in [9.17, 15) is 4.79 Å². The van der Waals surface area contributed by atoms with Crippen LogP contribution in [0.2, 0.25) is 0 Å². The van der Waals surface area contributed by atoms with Crippen LogP contribution in [0.5, 0.6) is 0 Å². The highest BCUT2D eigenvalue weighted by Gasteiger charge is 2.12. The Bertz CT molecular complexity index is 206. The van der Waals surface area contributed by atoms with Crippen molar-refractivity contribution < 1.29 is 4.79 Å². The maximum Gasteiger partial charge on any atom is 0.234 e. The van der Waals surface area contributed by atoms with Crippen LogP contribution >= 0.6 is 11.8 Å². The SMILES string of the molecule is C#CCNC(=O)CN1CCSCC1. The number of carbonyl (C=O) groups is 1. The molecule has 1 fully saturated rings. The quantitative estimate of drug-likeness (QED) is 0.637. The largest absolute Gasteiger partial charge is 0.344 e. The summed E-state index contributed by atoms with van der Waals surface area (Å²) in [4.78, 5) is 13.4. The van der Waals surface area contributed by atoms with Crippen LogP contribution in [0.1, 0.15) is 0 Å². The maximum atomic E-state index is 11.2. The monoisotopic (exact) mass is 198 g/mol. The standard InChI is InChI=1S/C9H14N2OS/c1-2-3-10-9(12)8-11-4-6-13-7-5-11/h1H,3-8H2,(H,10,12). The Labute approximate surface area is 83.2 Å². The summed E-state index contributed by atoms with van der Waals surface area (Å²) in [5, 5.41) is 2.66. The van der Waals surface area contributed by atoms with Crippen molar-refractivity contribution in [3.8, 4) is 12.3 Å². The van der Waals surface area contributed by atoms with E-state index < -0.39 is 0 Å². The smallest absolute Gasteiger partial charge is 0.234 e. The van der Waals surface area contributed by atoms with Crippen LogP contribution in [0.4, 0.5) is 0 Å². The van der Waals surface area contributed by atoms with Crippen LogP contribution in [-0.2, 0) is 4.79 Å². The van der Waals surface area contributed by atoms with E-state index >= 15 is 0 Å². The van der Waals surface area contributed by atoms with Crippen molar-refractivity contribution in [2.24, 2.45) is 0 Å². The number of nitrogens with zero attached hydrogens (tertiary/aromatic N) is 1. The molecule has 0 aliphatic carbocycles. The van der Waals surface area contributed by atoms with Crippen LogP contribution in [0.25, 0.3) is 0 Å². The second-order valence-corrected chi connectivity index (χ2v) is 4.09. The first-order valence-corrected chi connectivity index (χ1v) is 5.48. The molecule has 0 aromatic heterocycles. The van der Waals surface area contributed by atoms with Crippen molar-refractivity contribution in [3.63, 3.8) is 0 Å². The molecule has 1 amide bonds. The van der Waals surface area contributed by atoms with Crippen molar-refractivity contribution in [1.29, 1.82) is 0 Å². The molecule has 13 heavy (non-hydrogen) atoms. The Balaban J connectivity index is 2.15. The van der Waals surface area contributed by atoms with Gasteiger partial charge >= 0.3 is 0 Å². The van der Waals surface area contributed by atoms with Crippen molar-refractivity contribution in [1.82, 2.24) is 10.2 Å². The second-order valence-electron chi connectivity index (χ2n) is 2.87. The number of hydrogen-bond donors (Lipinski definition) is 1. The van der Waals surface area contributed by atoms with E-state index in [1.54, 1.807) is 0 Å².